The van der Waals surface area contributed by atoms with Gasteiger partial charge in [-0.2, -0.15) is 0 Å². The highest BCUT2D eigenvalue weighted by atomic mass is 16.5. The van der Waals surface area contributed by atoms with E-state index in [-0.39, 0.29) is 11.6 Å². The van der Waals surface area contributed by atoms with Gasteiger partial charge in [-0.25, -0.2) is 0 Å². The number of hydrogen-bond donors (Lipinski definition) is 2. The van der Waals surface area contributed by atoms with Crippen LogP contribution < -0.4 is 15.8 Å². The molecule has 0 fully saturated rings. The number of nitrogens with one attached hydrogen (secondary N) is 1. The van der Waals surface area contributed by atoms with Crippen LogP contribution in [0.1, 0.15) is 48.6 Å². The normalized spacial score (nSPS) is 13.5. The van der Waals surface area contributed by atoms with E-state index in [1.807, 2.05) is 7.05 Å². The van der Waals surface area contributed by atoms with Crippen molar-refractivity contribution in [2.24, 2.45) is 5.73 Å². The molecule has 19 heavy (non-hydrogen) atoms. The Bertz CT molecular complexity index is 447. The Kier molecular flexibility index (Phi) is 4.99. The molecule has 1 rings (SSSR count). The standard InChI is InChI=1S/C16H28N2O/c1-10-8-11(2)14(15(19-7)12(10)3)13(18-6)9-16(4,5)17/h8,13,18H,9,17H2,1-7H3. The monoisotopic (exact) mass is 264 g/mol. The fraction of sp³-hybridized carbons (Fsp3) is 0.625. The molecule has 0 aromatic heterocycles. The van der Waals surface area contributed by atoms with Crippen molar-refractivity contribution >= 4 is 0 Å². The van der Waals surface area contributed by atoms with Crippen LogP contribution in [0, 0.1) is 20.8 Å². The van der Waals surface area contributed by atoms with Crippen LogP contribution in [0.4, 0.5) is 0 Å². The first-order chi connectivity index (χ1) is 8.71. The van der Waals surface area contributed by atoms with Crippen LogP contribution in [-0.2, 0) is 0 Å². The third-order valence-corrected chi connectivity index (χ3v) is 3.67. The highest BCUT2D eigenvalue weighted by molar-refractivity contribution is 5.51. The topological polar surface area (TPSA) is 47.3 Å². The zero-order valence-corrected chi connectivity index (χ0v) is 13.3. The first kappa shape index (κ1) is 16.0. The number of benzene rings is 1. The largest absolute Gasteiger partial charge is 0.496 e. The van der Waals surface area contributed by atoms with Crippen molar-refractivity contribution in [2.75, 3.05) is 14.2 Å². The summed E-state index contributed by atoms with van der Waals surface area (Å²) >= 11 is 0. The zero-order valence-electron chi connectivity index (χ0n) is 13.3. The summed E-state index contributed by atoms with van der Waals surface area (Å²) in [6.45, 7) is 10.5. The van der Waals surface area contributed by atoms with Gasteiger partial charge in [0.15, 0.2) is 0 Å². The van der Waals surface area contributed by atoms with Crippen LogP contribution in [0.2, 0.25) is 0 Å². The molecular formula is C16H28N2O. The van der Waals surface area contributed by atoms with Crippen molar-refractivity contribution in [1.29, 1.82) is 0 Å². The zero-order chi connectivity index (χ0) is 14.8. The molecule has 0 heterocycles. The molecule has 3 heteroatoms. The molecule has 0 saturated carbocycles. The van der Waals surface area contributed by atoms with Gasteiger partial charge in [-0.1, -0.05) is 6.07 Å². The molecular weight excluding hydrogens is 236 g/mol. The lowest BCUT2D eigenvalue weighted by Crippen LogP contribution is -2.37. The van der Waals surface area contributed by atoms with E-state index in [4.69, 9.17) is 10.5 Å². The molecule has 0 amide bonds. The van der Waals surface area contributed by atoms with Gasteiger partial charge in [-0.3, -0.25) is 0 Å². The van der Waals surface area contributed by atoms with Gasteiger partial charge < -0.3 is 15.8 Å². The van der Waals surface area contributed by atoms with Crippen LogP contribution >= 0.6 is 0 Å². The third kappa shape index (κ3) is 3.71. The molecule has 1 unspecified atom stereocenters. The molecule has 0 aliphatic rings. The smallest absolute Gasteiger partial charge is 0.127 e. The second-order valence-corrected chi connectivity index (χ2v) is 6.12. The molecule has 0 bridgehead atoms. The Morgan fingerprint density at radius 1 is 1.26 bits per heavy atom. The third-order valence-electron chi connectivity index (χ3n) is 3.67. The van der Waals surface area contributed by atoms with Gasteiger partial charge in [0.1, 0.15) is 5.75 Å². The van der Waals surface area contributed by atoms with Crippen LogP contribution in [0.25, 0.3) is 0 Å². The van der Waals surface area contributed by atoms with Crippen molar-refractivity contribution in [2.45, 2.75) is 52.6 Å². The number of aryl methyl sites for hydroxylation is 2. The number of hydrogen-bond acceptors (Lipinski definition) is 3. The molecule has 1 aromatic carbocycles. The summed E-state index contributed by atoms with van der Waals surface area (Å²) in [5, 5.41) is 3.38. The summed E-state index contributed by atoms with van der Waals surface area (Å²) in [4.78, 5) is 0. The molecule has 108 valence electrons. The predicted octanol–water partition coefficient (Wildman–Crippen LogP) is 3.01. The lowest BCUT2D eigenvalue weighted by Gasteiger charge is -2.29. The van der Waals surface area contributed by atoms with Gasteiger partial charge in [-0.15, -0.1) is 0 Å². The molecule has 0 radical (unpaired) electrons. The van der Waals surface area contributed by atoms with Crippen LogP contribution in [0.3, 0.4) is 0 Å². The molecule has 0 aliphatic carbocycles. The quantitative estimate of drug-likeness (QED) is 0.859. The number of ether oxygens (including phenoxy) is 1. The highest BCUT2D eigenvalue weighted by Crippen LogP contribution is 2.36. The molecule has 3 N–H and O–H groups in total. The lowest BCUT2D eigenvalue weighted by molar-refractivity contribution is 0.366. The second kappa shape index (κ2) is 5.93. The van der Waals surface area contributed by atoms with Gasteiger partial charge >= 0.3 is 0 Å². The Balaban J connectivity index is 3.34. The summed E-state index contributed by atoms with van der Waals surface area (Å²) < 4.78 is 5.65. The van der Waals surface area contributed by atoms with E-state index in [1.165, 1.54) is 22.3 Å². The minimum Gasteiger partial charge on any atom is -0.496 e. The second-order valence-electron chi connectivity index (χ2n) is 6.12. The molecule has 0 aliphatic heterocycles. The average Bonchev–Trinajstić information content (AvgIpc) is 2.29. The average molecular weight is 264 g/mol. The SMILES string of the molecule is CNC(CC(C)(C)N)c1c(C)cc(C)c(C)c1OC. The summed E-state index contributed by atoms with van der Waals surface area (Å²) in [6.07, 6.45) is 0.864. The summed E-state index contributed by atoms with van der Waals surface area (Å²) in [5.74, 6) is 0.987. The molecule has 3 nitrogen and oxygen atoms in total. The van der Waals surface area contributed by atoms with E-state index < -0.39 is 0 Å². The Morgan fingerprint density at radius 2 is 1.84 bits per heavy atom. The van der Waals surface area contributed by atoms with Gasteiger partial charge in [0, 0.05) is 17.1 Å². The predicted molar refractivity (Wildman–Crippen MR) is 81.9 cm³/mol. The van der Waals surface area contributed by atoms with E-state index in [0.29, 0.717) is 0 Å². The number of rotatable bonds is 5. The molecule has 0 saturated heterocycles. The minimum absolute atomic E-state index is 0.203. The number of methoxy groups -OCH3 is 1. The first-order valence-corrected chi connectivity index (χ1v) is 6.82. The lowest BCUT2D eigenvalue weighted by atomic mass is 9.87. The van der Waals surface area contributed by atoms with Crippen LogP contribution in [0.5, 0.6) is 5.75 Å². The molecule has 1 atom stereocenters. The Morgan fingerprint density at radius 3 is 2.26 bits per heavy atom. The van der Waals surface area contributed by atoms with Crippen molar-refractivity contribution in [3.8, 4) is 5.75 Å². The van der Waals surface area contributed by atoms with E-state index in [1.54, 1.807) is 7.11 Å². The first-order valence-electron chi connectivity index (χ1n) is 6.82. The van der Waals surface area contributed by atoms with Gasteiger partial charge in [0.25, 0.3) is 0 Å². The summed E-state index contributed by atoms with van der Waals surface area (Å²) in [5.41, 5.74) is 10.9. The van der Waals surface area contributed by atoms with Crippen LogP contribution in [0.15, 0.2) is 6.07 Å². The Labute approximate surface area is 117 Å². The maximum Gasteiger partial charge on any atom is 0.127 e. The maximum atomic E-state index is 6.18. The van der Waals surface area contributed by atoms with E-state index in [2.05, 4.69) is 46.0 Å². The van der Waals surface area contributed by atoms with Gasteiger partial charge in [0.2, 0.25) is 0 Å². The van der Waals surface area contributed by atoms with Crippen molar-refractivity contribution in [1.82, 2.24) is 5.32 Å². The fourth-order valence-corrected chi connectivity index (χ4v) is 2.64. The van der Waals surface area contributed by atoms with E-state index in [0.717, 1.165) is 12.2 Å². The number of nitrogens with two attached hydrogens (primary N) is 1. The minimum atomic E-state index is -0.218. The van der Waals surface area contributed by atoms with Crippen molar-refractivity contribution in [3.63, 3.8) is 0 Å². The van der Waals surface area contributed by atoms with Crippen LogP contribution in [-0.4, -0.2) is 19.7 Å². The maximum absolute atomic E-state index is 6.18. The summed E-state index contributed by atoms with van der Waals surface area (Å²) in [6, 6.07) is 2.43. The van der Waals surface area contributed by atoms with E-state index in [9.17, 15) is 0 Å². The van der Waals surface area contributed by atoms with Crippen molar-refractivity contribution in [3.05, 3.63) is 28.3 Å². The van der Waals surface area contributed by atoms with Gasteiger partial charge in [-0.05, 0) is 64.8 Å². The van der Waals surface area contributed by atoms with E-state index >= 15 is 0 Å². The molecule has 1 aromatic rings. The van der Waals surface area contributed by atoms with Gasteiger partial charge in [0.05, 0.1) is 7.11 Å². The summed E-state index contributed by atoms with van der Waals surface area (Å²) in [7, 11) is 3.72. The highest BCUT2D eigenvalue weighted by Gasteiger charge is 2.24. The van der Waals surface area contributed by atoms with Crippen molar-refractivity contribution < 1.29 is 4.74 Å². The fourth-order valence-electron chi connectivity index (χ4n) is 2.64. The molecule has 0 spiro atoms. The Hall–Kier alpha value is -1.06.